The van der Waals surface area contributed by atoms with Crippen molar-refractivity contribution >= 4 is 23.1 Å². The number of aryl methyl sites for hydroxylation is 2. The molecule has 0 spiro atoms. The van der Waals surface area contributed by atoms with Gasteiger partial charge in [0.05, 0.1) is 5.69 Å². The summed E-state index contributed by atoms with van der Waals surface area (Å²) in [6.45, 7) is 4.90. The van der Waals surface area contributed by atoms with E-state index in [9.17, 15) is 9.59 Å². The maximum atomic E-state index is 12.5. The molecule has 5 rings (SSSR count). The van der Waals surface area contributed by atoms with E-state index in [-0.39, 0.29) is 12.2 Å². The number of carbonyl (C=O) groups excluding carboxylic acids is 1. The number of benzene rings is 2. The van der Waals surface area contributed by atoms with Gasteiger partial charge in [-0.2, -0.15) is 0 Å². The molecule has 178 valence electrons. The van der Waals surface area contributed by atoms with Crippen LogP contribution in [0.3, 0.4) is 0 Å². The van der Waals surface area contributed by atoms with E-state index in [0.717, 1.165) is 11.1 Å². The van der Waals surface area contributed by atoms with Gasteiger partial charge in [0, 0.05) is 35.8 Å². The predicted octanol–water partition coefficient (Wildman–Crippen LogP) is 4.31. The lowest BCUT2D eigenvalue weighted by molar-refractivity contribution is 0.171. The molecule has 2 aromatic carbocycles. The number of fused-ring (bicyclic) bond motifs is 2. The molecule has 1 aliphatic rings. The molecule has 0 unspecified atom stereocenters. The zero-order chi connectivity index (χ0) is 24.4. The Balaban J connectivity index is 1.27. The van der Waals surface area contributed by atoms with Crippen molar-refractivity contribution < 1.29 is 19.0 Å². The van der Waals surface area contributed by atoms with Crippen molar-refractivity contribution in [3.05, 3.63) is 88.0 Å². The fraction of sp³-hybridized carbons (Fsp3) is 0.192. The largest absolute Gasteiger partial charge is 0.487 e. The minimum atomic E-state index is -0.406. The van der Waals surface area contributed by atoms with Gasteiger partial charge in [0.25, 0.3) is 5.56 Å². The van der Waals surface area contributed by atoms with E-state index in [1.807, 2.05) is 32.0 Å². The molecule has 0 saturated heterocycles. The van der Waals surface area contributed by atoms with E-state index in [1.54, 1.807) is 36.5 Å². The second-order valence-electron chi connectivity index (χ2n) is 8.18. The molecule has 2 aromatic heterocycles. The minimum Gasteiger partial charge on any atom is -0.487 e. The van der Waals surface area contributed by atoms with Gasteiger partial charge in [-0.3, -0.25) is 9.20 Å². The number of hydrogen-bond donors (Lipinski definition) is 2. The van der Waals surface area contributed by atoms with Gasteiger partial charge in [-0.15, -0.1) is 0 Å². The third-order valence-electron chi connectivity index (χ3n) is 5.56. The van der Waals surface area contributed by atoms with Gasteiger partial charge in [0.15, 0.2) is 11.5 Å². The van der Waals surface area contributed by atoms with Crippen LogP contribution in [0, 0.1) is 13.8 Å². The Hall–Kier alpha value is -4.53. The van der Waals surface area contributed by atoms with E-state index < -0.39 is 6.03 Å². The molecular weight excluding hydrogens is 448 g/mol. The van der Waals surface area contributed by atoms with Crippen molar-refractivity contribution in [2.24, 2.45) is 0 Å². The van der Waals surface area contributed by atoms with Crippen molar-refractivity contribution in [3.8, 4) is 17.2 Å². The lowest BCUT2D eigenvalue weighted by Crippen LogP contribution is -2.20. The number of amides is 2. The summed E-state index contributed by atoms with van der Waals surface area (Å²) < 4.78 is 18.5. The van der Waals surface area contributed by atoms with Crippen LogP contribution in [-0.2, 0) is 6.61 Å². The summed E-state index contributed by atoms with van der Waals surface area (Å²) in [6.07, 6.45) is 1.69. The highest BCUT2D eigenvalue weighted by Crippen LogP contribution is 2.32. The monoisotopic (exact) mass is 472 g/mol. The molecule has 9 heteroatoms. The summed E-state index contributed by atoms with van der Waals surface area (Å²) in [5.74, 6) is 1.83. The third-order valence-corrected chi connectivity index (χ3v) is 5.56. The normalized spacial score (nSPS) is 12.3. The first-order valence-electron chi connectivity index (χ1n) is 11.2. The van der Waals surface area contributed by atoms with Crippen molar-refractivity contribution in [2.45, 2.75) is 20.5 Å². The average molecular weight is 473 g/mol. The van der Waals surface area contributed by atoms with E-state index in [2.05, 4.69) is 15.6 Å². The molecule has 0 aliphatic carbocycles. The Bertz CT molecular complexity index is 1480. The number of rotatable bonds is 5. The molecule has 1 aliphatic heterocycles. The smallest absolute Gasteiger partial charge is 0.323 e. The van der Waals surface area contributed by atoms with Gasteiger partial charge in [-0.05, 0) is 49.2 Å². The Morgan fingerprint density at radius 3 is 2.54 bits per heavy atom. The van der Waals surface area contributed by atoms with Crippen LogP contribution in [0.4, 0.5) is 16.2 Å². The number of ether oxygens (including phenoxy) is 3. The van der Waals surface area contributed by atoms with Crippen molar-refractivity contribution in [3.63, 3.8) is 0 Å². The lowest BCUT2D eigenvalue weighted by Gasteiger charge is -2.19. The van der Waals surface area contributed by atoms with Gasteiger partial charge in [-0.1, -0.05) is 12.1 Å². The highest BCUT2D eigenvalue weighted by atomic mass is 16.6. The van der Waals surface area contributed by atoms with Crippen LogP contribution < -0.4 is 30.4 Å². The van der Waals surface area contributed by atoms with Crippen LogP contribution >= 0.6 is 0 Å². The topological polar surface area (TPSA) is 103 Å². The Morgan fingerprint density at radius 2 is 1.71 bits per heavy atom. The summed E-state index contributed by atoms with van der Waals surface area (Å²) in [6, 6.07) is 15.4. The van der Waals surface area contributed by atoms with Gasteiger partial charge in [0.2, 0.25) is 0 Å². The van der Waals surface area contributed by atoms with Gasteiger partial charge >= 0.3 is 6.03 Å². The summed E-state index contributed by atoms with van der Waals surface area (Å²) in [5.41, 5.74) is 3.89. The van der Waals surface area contributed by atoms with Crippen LogP contribution in [0.1, 0.15) is 16.8 Å². The number of nitrogens with one attached hydrogen (secondary N) is 2. The molecule has 2 N–H and O–H groups in total. The lowest BCUT2D eigenvalue weighted by atomic mass is 10.2. The Morgan fingerprint density at radius 1 is 0.971 bits per heavy atom. The molecule has 35 heavy (non-hydrogen) atoms. The van der Waals surface area contributed by atoms with E-state index in [0.29, 0.717) is 53.2 Å². The SMILES string of the molecule is Cc1ccc(NC(=O)Nc2ccc3c(c2)OCCO3)cc1OCc1cc(=O)n2cccc(C)c2n1. The highest BCUT2D eigenvalue weighted by Gasteiger charge is 2.13. The molecule has 9 nitrogen and oxygen atoms in total. The first kappa shape index (κ1) is 22.3. The van der Waals surface area contributed by atoms with Crippen LogP contribution in [0.15, 0.2) is 65.6 Å². The number of hydrogen-bond acceptors (Lipinski definition) is 6. The van der Waals surface area contributed by atoms with Crippen LogP contribution in [0.5, 0.6) is 17.2 Å². The Kier molecular flexibility index (Phi) is 5.97. The number of nitrogens with zero attached hydrogens (tertiary/aromatic N) is 2. The molecule has 3 heterocycles. The van der Waals surface area contributed by atoms with Crippen molar-refractivity contribution in [1.82, 2.24) is 9.38 Å². The van der Waals surface area contributed by atoms with Gasteiger partial charge in [-0.25, -0.2) is 9.78 Å². The fourth-order valence-electron chi connectivity index (χ4n) is 3.78. The number of pyridine rings is 1. The first-order chi connectivity index (χ1) is 17.0. The van der Waals surface area contributed by atoms with Crippen LogP contribution in [-0.4, -0.2) is 28.6 Å². The summed E-state index contributed by atoms with van der Waals surface area (Å²) in [7, 11) is 0. The quantitative estimate of drug-likeness (QED) is 0.449. The molecule has 4 aromatic rings. The fourth-order valence-corrected chi connectivity index (χ4v) is 3.78. The number of urea groups is 1. The van der Waals surface area contributed by atoms with Crippen LogP contribution in [0.25, 0.3) is 5.65 Å². The minimum absolute atomic E-state index is 0.119. The van der Waals surface area contributed by atoms with Gasteiger partial charge in [0.1, 0.15) is 31.2 Å². The zero-order valence-corrected chi connectivity index (χ0v) is 19.3. The molecule has 0 radical (unpaired) electrons. The van der Waals surface area contributed by atoms with Crippen molar-refractivity contribution in [1.29, 1.82) is 0 Å². The number of anilines is 2. The van der Waals surface area contributed by atoms with E-state index >= 15 is 0 Å². The molecule has 2 amide bonds. The molecule has 0 saturated carbocycles. The van der Waals surface area contributed by atoms with E-state index in [4.69, 9.17) is 14.2 Å². The molecule has 0 fully saturated rings. The second-order valence-corrected chi connectivity index (χ2v) is 8.18. The third kappa shape index (κ3) is 4.89. The number of carbonyl (C=O) groups is 1. The highest BCUT2D eigenvalue weighted by molar-refractivity contribution is 6.00. The standard InChI is InChI=1S/C26H24N4O5/c1-16-5-6-18(28-26(32)29-19-7-8-21-23(13-19)34-11-10-33-21)12-22(16)35-15-20-14-24(31)30-9-3-4-17(2)25(30)27-20/h3-9,12-14H,10-11,15H2,1-2H3,(H2,28,29,32). The number of aromatic nitrogens is 2. The second kappa shape index (κ2) is 9.38. The molecule has 0 atom stereocenters. The molecule has 0 bridgehead atoms. The zero-order valence-electron chi connectivity index (χ0n) is 19.3. The summed E-state index contributed by atoms with van der Waals surface area (Å²) in [5, 5.41) is 5.59. The summed E-state index contributed by atoms with van der Waals surface area (Å²) >= 11 is 0. The summed E-state index contributed by atoms with van der Waals surface area (Å²) in [4.78, 5) is 29.5. The predicted molar refractivity (Wildman–Crippen MR) is 132 cm³/mol. The maximum absolute atomic E-state index is 12.5. The first-order valence-corrected chi connectivity index (χ1v) is 11.2. The van der Waals surface area contributed by atoms with Crippen molar-refractivity contribution in [2.75, 3.05) is 23.8 Å². The van der Waals surface area contributed by atoms with E-state index in [1.165, 1.54) is 10.5 Å². The maximum Gasteiger partial charge on any atom is 0.323 e. The van der Waals surface area contributed by atoms with Crippen LogP contribution in [0.2, 0.25) is 0 Å². The van der Waals surface area contributed by atoms with Gasteiger partial charge < -0.3 is 24.8 Å². The average Bonchev–Trinajstić information content (AvgIpc) is 2.85. The molecular formula is C26H24N4O5. The Labute approximate surface area is 201 Å².